The Bertz CT molecular complexity index is 534. The lowest BCUT2D eigenvalue weighted by molar-refractivity contribution is 0.225. The fraction of sp³-hybridized carbons (Fsp3) is 0.400. The third-order valence-electron chi connectivity index (χ3n) is 3.40. The van der Waals surface area contributed by atoms with E-state index in [2.05, 4.69) is 36.7 Å². The van der Waals surface area contributed by atoms with Crippen LogP contribution < -0.4 is 5.73 Å². The predicted molar refractivity (Wildman–Crippen MR) is 77.4 cm³/mol. The summed E-state index contributed by atoms with van der Waals surface area (Å²) in [5.41, 5.74) is 9.07. The summed E-state index contributed by atoms with van der Waals surface area (Å²) in [6.07, 6.45) is 1.83. The quantitative estimate of drug-likeness (QED) is 0.839. The molecule has 2 N–H and O–H groups in total. The lowest BCUT2D eigenvalue weighted by Crippen LogP contribution is -2.30. The molecule has 0 unspecified atom stereocenters. The van der Waals surface area contributed by atoms with Gasteiger partial charge in [0.15, 0.2) is 0 Å². The number of nitrogens with zero attached hydrogens (tertiary/aromatic N) is 2. The first-order valence-corrected chi connectivity index (χ1v) is 6.49. The van der Waals surface area contributed by atoms with Crippen LogP contribution in [0.5, 0.6) is 0 Å². The number of anilines is 1. The second kappa shape index (κ2) is 5.36. The Balaban J connectivity index is 2.42. The summed E-state index contributed by atoms with van der Waals surface area (Å²) in [6, 6.07) is 8.57. The normalized spacial score (nSPS) is 11.6. The van der Waals surface area contributed by atoms with Crippen LogP contribution in [0.25, 0.3) is 10.9 Å². The van der Waals surface area contributed by atoms with Crippen molar-refractivity contribution >= 4 is 16.6 Å². The number of pyridine rings is 1. The van der Waals surface area contributed by atoms with Gasteiger partial charge in [0.2, 0.25) is 0 Å². The summed E-state index contributed by atoms with van der Waals surface area (Å²) in [4.78, 5) is 6.90. The number of hydrogen-bond donors (Lipinski definition) is 1. The van der Waals surface area contributed by atoms with E-state index < -0.39 is 0 Å². The molecule has 0 aliphatic heterocycles. The van der Waals surface area contributed by atoms with Crippen molar-refractivity contribution in [2.45, 2.75) is 33.4 Å². The first-order chi connectivity index (χ1) is 8.63. The van der Waals surface area contributed by atoms with Crippen LogP contribution in [0.1, 0.15) is 26.3 Å². The molecule has 0 bridgehead atoms. The first kappa shape index (κ1) is 12.8. The zero-order valence-corrected chi connectivity index (χ0v) is 11.4. The van der Waals surface area contributed by atoms with Gasteiger partial charge in [-0.2, -0.15) is 0 Å². The molecule has 0 atom stereocenters. The van der Waals surface area contributed by atoms with Crippen LogP contribution in [0.4, 0.5) is 5.69 Å². The summed E-state index contributed by atoms with van der Waals surface area (Å²) in [6.45, 7) is 8.58. The molecular weight excluding hydrogens is 222 g/mol. The molecule has 1 heterocycles. The lowest BCUT2D eigenvalue weighted by Gasteiger charge is -2.25. The average Bonchev–Trinajstić information content (AvgIpc) is 2.38. The second-order valence-electron chi connectivity index (χ2n) is 4.87. The van der Waals surface area contributed by atoms with E-state index in [1.165, 1.54) is 5.56 Å². The van der Waals surface area contributed by atoms with Crippen molar-refractivity contribution in [3.63, 3.8) is 0 Å². The van der Waals surface area contributed by atoms with Crippen molar-refractivity contribution < 1.29 is 0 Å². The molecule has 0 amide bonds. The molecule has 1 aromatic carbocycles. The van der Waals surface area contributed by atoms with E-state index in [0.29, 0.717) is 6.04 Å². The molecule has 96 valence electrons. The van der Waals surface area contributed by atoms with Crippen molar-refractivity contribution in [1.82, 2.24) is 9.88 Å². The standard InChI is InChI=1S/C15H21N3/c1-4-18(11(2)3)10-12-7-8-14(16)13-6-5-9-17-15(12)13/h5-9,11H,4,10,16H2,1-3H3. The molecule has 0 spiro atoms. The molecule has 0 saturated carbocycles. The predicted octanol–water partition coefficient (Wildman–Crippen LogP) is 3.05. The maximum atomic E-state index is 5.99. The molecule has 1 aromatic heterocycles. The fourth-order valence-electron chi connectivity index (χ4n) is 2.26. The van der Waals surface area contributed by atoms with Gasteiger partial charge in [0.25, 0.3) is 0 Å². The summed E-state index contributed by atoms with van der Waals surface area (Å²) in [5.74, 6) is 0. The van der Waals surface area contributed by atoms with Gasteiger partial charge in [-0.05, 0) is 44.2 Å². The van der Waals surface area contributed by atoms with E-state index in [0.717, 1.165) is 29.7 Å². The van der Waals surface area contributed by atoms with Crippen molar-refractivity contribution in [3.05, 3.63) is 36.0 Å². The van der Waals surface area contributed by atoms with Gasteiger partial charge in [0, 0.05) is 29.9 Å². The first-order valence-electron chi connectivity index (χ1n) is 6.49. The van der Waals surface area contributed by atoms with Crippen LogP contribution >= 0.6 is 0 Å². The Labute approximate surface area is 109 Å². The molecule has 3 nitrogen and oxygen atoms in total. The minimum Gasteiger partial charge on any atom is -0.398 e. The Hall–Kier alpha value is -1.61. The Kier molecular flexibility index (Phi) is 3.82. The lowest BCUT2D eigenvalue weighted by atomic mass is 10.1. The highest BCUT2D eigenvalue weighted by atomic mass is 15.1. The molecule has 0 aliphatic rings. The smallest absolute Gasteiger partial charge is 0.0767 e. The fourth-order valence-corrected chi connectivity index (χ4v) is 2.26. The maximum Gasteiger partial charge on any atom is 0.0767 e. The SMILES string of the molecule is CCN(Cc1ccc(N)c2cccnc12)C(C)C. The molecule has 2 rings (SSSR count). The number of aromatic nitrogens is 1. The molecule has 2 aromatic rings. The second-order valence-corrected chi connectivity index (χ2v) is 4.87. The van der Waals surface area contributed by atoms with E-state index >= 15 is 0 Å². The Morgan fingerprint density at radius 2 is 2.06 bits per heavy atom. The van der Waals surface area contributed by atoms with Gasteiger partial charge in [-0.3, -0.25) is 9.88 Å². The van der Waals surface area contributed by atoms with Crippen molar-refractivity contribution in [3.8, 4) is 0 Å². The third kappa shape index (κ3) is 2.46. The molecule has 0 fully saturated rings. The van der Waals surface area contributed by atoms with Crippen LogP contribution in [-0.4, -0.2) is 22.5 Å². The van der Waals surface area contributed by atoms with Gasteiger partial charge in [-0.25, -0.2) is 0 Å². The van der Waals surface area contributed by atoms with E-state index in [4.69, 9.17) is 5.73 Å². The van der Waals surface area contributed by atoms with Gasteiger partial charge in [-0.1, -0.05) is 13.0 Å². The Morgan fingerprint density at radius 3 is 2.72 bits per heavy atom. The van der Waals surface area contributed by atoms with Gasteiger partial charge < -0.3 is 5.73 Å². The summed E-state index contributed by atoms with van der Waals surface area (Å²) < 4.78 is 0. The van der Waals surface area contributed by atoms with Crippen LogP contribution in [0.2, 0.25) is 0 Å². The molecule has 0 radical (unpaired) electrons. The number of rotatable bonds is 4. The van der Waals surface area contributed by atoms with Crippen molar-refractivity contribution in [2.75, 3.05) is 12.3 Å². The minimum absolute atomic E-state index is 0.534. The largest absolute Gasteiger partial charge is 0.398 e. The highest BCUT2D eigenvalue weighted by molar-refractivity contribution is 5.92. The summed E-state index contributed by atoms with van der Waals surface area (Å²) in [5, 5.41) is 1.05. The van der Waals surface area contributed by atoms with Crippen LogP contribution in [0.3, 0.4) is 0 Å². The van der Waals surface area contributed by atoms with Crippen LogP contribution in [-0.2, 0) is 6.54 Å². The number of hydrogen-bond acceptors (Lipinski definition) is 3. The zero-order chi connectivity index (χ0) is 13.1. The van der Waals surface area contributed by atoms with Gasteiger partial charge >= 0.3 is 0 Å². The molecule has 18 heavy (non-hydrogen) atoms. The molecule has 0 saturated heterocycles. The molecule has 0 aliphatic carbocycles. The summed E-state index contributed by atoms with van der Waals surface area (Å²) >= 11 is 0. The number of fused-ring (bicyclic) bond motifs is 1. The van der Waals surface area contributed by atoms with Crippen molar-refractivity contribution in [1.29, 1.82) is 0 Å². The highest BCUT2D eigenvalue weighted by Gasteiger charge is 2.11. The minimum atomic E-state index is 0.534. The highest BCUT2D eigenvalue weighted by Crippen LogP contribution is 2.23. The zero-order valence-electron chi connectivity index (χ0n) is 11.4. The topological polar surface area (TPSA) is 42.1 Å². The average molecular weight is 243 g/mol. The Morgan fingerprint density at radius 1 is 1.28 bits per heavy atom. The molecular formula is C15H21N3. The van der Waals surface area contributed by atoms with Gasteiger partial charge in [0.05, 0.1) is 5.52 Å². The van der Waals surface area contributed by atoms with Crippen LogP contribution in [0, 0.1) is 0 Å². The van der Waals surface area contributed by atoms with Gasteiger partial charge in [0.1, 0.15) is 0 Å². The van der Waals surface area contributed by atoms with E-state index in [1.807, 2.05) is 24.4 Å². The van der Waals surface area contributed by atoms with E-state index in [1.54, 1.807) is 0 Å². The maximum absolute atomic E-state index is 5.99. The molecule has 3 heteroatoms. The summed E-state index contributed by atoms with van der Waals surface area (Å²) in [7, 11) is 0. The van der Waals surface area contributed by atoms with Gasteiger partial charge in [-0.15, -0.1) is 0 Å². The number of nitrogens with two attached hydrogens (primary N) is 1. The van der Waals surface area contributed by atoms with E-state index in [9.17, 15) is 0 Å². The van der Waals surface area contributed by atoms with Crippen molar-refractivity contribution in [2.24, 2.45) is 0 Å². The van der Waals surface area contributed by atoms with E-state index in [-0.39, 0.29) is 0 Å². The third-order valence-corrected chi connectivity index (χ3v) is 3.40. The number of nitrogen functional groups attached to an aromatic ring is 1. The van der Waals surface area contributed by atoms with Crippen LogP contribution in [0.15, 0.2) is 30.5 Å². The monoisotopic (exact) mass is 243 g/mol. The number of benzene rings is 1.